The highest BCUT2D eigenvalue weighted by Gasteiger charge is 2.15. The van der Waals surface area contributed by atoms with E-state index in [1.54, 1.807) is 7.11 Å². The molecule has 4 heteroatoms. The molecular weight excluding hydrogens is 262 g/mol. The summed E-state index contributed by atoms with van der Waals surface area (Å²) in [7, 11) is 3.77. The SMILES string of the molecule is COc1cccc(N(C)CCc2ccncc2)c1C(C)N. The average Bonchev–Trinajstić information content (AvgIpc) is 2.52. The molecule has 0 aliphatic heterocycles. The number of anilines is 1. The molecule has 0 radical (unpaired) electrons. The number of pyridine rings is 1. The van der Waals surface area contributed by atoms with Gasteiger partial charge in [0.1, 0.15) is 5.75 Å². The molecule has 0 aliphatic carbocycles. The molecule has 112 valence electrons. The largest absolute Gasteiger partial charge is 0.496 e. The molecule has 1 atom stereocenters. The Morgan fingerprint density at radius 1 is 1.24 bits per heavy atom. The predicted octanol–water partition coefficient (Wildman–Crippen LogP) is 2.79. The summed E-state index contributed by atoms with van der Waals surface area (Å²) in [4.78, 5) is 6.27. The number of hydrogen-bond acceptors (Lipinski definition) is 4. The van der Waals surface area contributed by atoms with Crippen molar-refractivity contribution in [1.82, 2.24) is 4.98 Å². The highest BCUT2D eigenvalue weighted by molar-refractivity contribution is 5.60. The van der Waals surface area contributed by atoms with Crippen LogP contribution in [0, 0.1) is 0 Å². The topological polar surface area (TPSA) is 51.4 Å². The molecule has 21 heavy (non-hydrogen) atoms. The Balaban J connectivity index is 2.17. The first-order valence-corrected chi connectivity index (χ1v) is 7.16. The van der Waals surface area contributed by atoms with Crippen LogP contribution in [0.4, 0.5) is 5.69 Å². The molecule has 0 bridgehead atoms. The van der Waals surface area contributed by atoms with Crippen molar-refractivity contribution in [3.63, 3.8) is 0 Å². The number of nitrogens with two attached hydrogens (primary N) is 1. The van der Waals surface area contributed by atoms with Gasteiger partial charge >= 0.3 is 0 Å². The van der Waals surface area contributed by atoms with E-state index in [4.69, 9.17) is 10.5 Å². The Morgan fingerprint density at radius 3 is 2.57 bits per heavy atom. The van der Waals surface area contributed by atoms with Gasteiger partial charge in [-0.3, -0.25) is 4.98 Å². The van der Waals surface area contributed by atoms with Crippen molar-refractivity contribution in [1.29, 1.82) is 0 Å². The third-order valence-electron chi connectivity index (χ3n) is 3.61. The molecule has 2 aromatic rings. The standard InChI is InChI=1S/C17H23N3O/c1-13(18)17-15(5-4-6-16(17)21-3)20(2)12-9-14-7-10-19-11-8-14/h4-8,10-11,13H,9,12,18H2,1-3H3. The van der Waals surface area contributed by atoms with Crippen LogP contribution in [0.3, 0.4) is 0 Å². The Bertz CT molecular complexity index is 570. The van der Waals surface area contributed by atoms with Crippen LogP contribution in [0.15, 0.2) is 42.7 Å². The lowest BCUT2D eigenvalue weighted by Gasteiger charge is -2.25. The maximum absolute atomic E-state index is 6.12. The monoisotopic (exact) mass is 285 g/mol. The number of rotatable bonds is 6. The first-order chi connectivity index (χ1) is 10.1. The van der Waals surface area contributed by atoms with Crippen molar-refractivity contribution in [2.75, 3.05) is 25.6 Å². The predicted molar refractivity (Wildman–Crippen MR) is 86.8 cm³/mol. The third-order valence-corrected chi connectivity index (χ3v) is 3.61. The van der Waals surface area contributed by atoms with Gasteiger partial charge in [0.15, 0.2) is 0 Å². The minimum Gasteiger partial charge on any atom is -0.496 e. The van der Waals surface area contributed by atoms with Gasteiger partial charge in [-0.2, -0.15) is 0 Å². The number of hydrogen-bond donors (Lipinski definition) is 1. The maximum Gasteiger partial charge on any atom is 0.125 e. The fourth-order valence-electron chi connectivity index (χ4n) is 2.47. The molecule has 0 aliphatic rings. The van der Waals surface area contributed by atoms with Crippen LogP contribution in [0.25, 0.3) is 0 Å². The van der Waals surface area contributed by atoms with E-state index in [-0.39, 0.29) is 6.04 Å². The van der Waals surface area contributed by atoms with E-state index in [1.165, 1.54) is 5.56 Å². The average molecular weight is 285 g/mol. The van der Waals surface area contributed by atoms with E-state index in [0.717, 1.165) is 30.0 Å². The second kappa shape index (κ2) is 7.09. The molecule has 1 heterocycles. The molecule has 0 amide bonds. The first kappa shape index (κ1) is 15.3. The Kier molecular flexibility index (Phi) is 5.17. The highest BCUT2D eigenvalue weighted by Crippen LogP contribution is 2.33. The molecule has 1 aromatic heterocycles. The van der Waals surface area contributed by atoms with E-state index >= 15 is 0 Å². The van der Waals surface area contributed by atoms with Gasteiger partial charge in [0.25, 0.3) is 0 Å². The number of ether oxygens (including phenoxy) is 1. The van der Waals surface area contributed by atoms with E-state index in [1.807, 2.05) is 43.6 Å². The summed E-state index contributed by atoms with van der Waals surface area (Å²) in [5.41, 5.74) is 9.58. The molecule has 1 aromatic carbocycles. The van der Waals surface area contributed by atoms with Gasteiger partial charge in [-0.25, -0.2) is 0 Å². The van der Waals surface area contributed by atoms with Gasteiger partial charge < -0.3 is 15.4 Å². The second-order valence-corrected chi connectivity index (χ2v) is 5.21. The zero-order chi connectivity index (χ0) is 15.2. The quantitative estimate of drug-likeness (QED) is 0.886. The van der Waals surface area contributed by atoms with Crippen molar-refractivity contribution in [2.24, 2.45) is 5.73 Å². The van der Waals surface area contributed by atoms with Crippen molar-refractivity contribution >= 4 is 5.69 Å². The van der Waals surface area contributed by atoms with E-state index in [2.05, 4.69) is 23.0 Å². The molecule has 1 unspecified atom stereocenters. The third kappa shape index (κ3) is 3.73. The van der Waals surface area contributed by atoms with Crippen LogP contribution in [0.1, 0.15) is 24.1 Å². The lowest BCUT2D eigenvalue weighted by Crippen LogP contribution is -2.23. The van der Waals surface area contributed by atoms with E-state index < -0.39 is 0 Å². The summed E-state index contributed by atoms with van der Waals surface area (Å²) >= 11 is 0. The minimum absolute atomic E-state index is 0.0699. The first-order valence-electron chi connectivity index (χ1n) is 7.16. The Labute approximate surface area is 126 Å². The summed E-state index contributed by atoms with van der Waals surface area (Å²) in [6, 6.07) is 10.1. The summed E-state index contributed by atoms with van der Waals surface area (Å²) in [6.07, 6.45) is 4.62. The minimum atomic E-state index is -0.0699. The van der Waals surface area contributed by atoms with Gasteiger partial charge in [0.2, 0.25) is 0 Å². The van der Waals surface area contributed by atoms with Gasteiger partial charge in [0.05, 0.1) is 7.11 Å². The van der Waals surface area contributed by atoms with Crippen molar-refractivity contribution in [2.45, 2.75) is 19.4 Å². The lowest BCUT2D eigenvalue weighted by atomic mass is 10.0. The second-order valence-electron chi connectivity index (χ2n) is 5.21. The van der Waals surface area contributed by atoms with Crippen LogP contribution in [0.5, 0.6) is 5.75 Å². The van der Waals surface area contributed by atoms with E-state index in [9.17, 15) is 0 Å². The van der Waals surface area contributed by atoms with Crippen LogP contribution >= 0.6 is 0 Å². The fraction of sp³-hybridized carbons (Fsp3) is 0.353. The lowest BCUT2D eigenvalue weighted by molar-refractivity contribution is 0.407. The molecule has 0 spiro atoms. The summed E-state index contributed by atoms with van der Waals surface area (Å²) in [5, 5.41) is 0. The van der Waals surface area contributed by atoms with Crippen molar-refractivity contribution in [3.05, 3.63) is 53.9 Å². The van der Waals surface area contributed by atoms with Gasteiger partial charge in [-0.1, -0.05) is 6.07 Å². The summed E-state index contributed by atoms with van der Waals surface area (Å²) in [6.45, 7) is 2.90. The number of methoxy groups -OCH3 is 1. The van der Waals surface area contributed by atoms with Crippen molar-refractivity contribution in [3.8, 4) is 5.75 Å². The van der Waals surface area contributed by atoms with Crippen LogP contribution in [-0.2, 0) is 6.42 Å². The zero-order valence-corrected chi connectivity index (χ0v) is 12.9. The molecule has 2 rings (SSSR count). The molecule has 0 saturated heterocycles. The van der Waals surface area contributed by atoms with Crippen molar-refractivity contribution < 1.29 is 4.74 Å². The summed E-state index contributed by atoms with van der Waals surface area (Å²) in [5.74, 6) is 0.846. The molecular formula is C17H23N3O. The molecule has 0 fully saturated rings. The van der Waals surface area contributed by atoms with Gasteiger partial charge in [0, 0.05) is 43.3 Å². The van der Waals surface area contributed by atoms with Crippen LogP contribution in [-0.4, -0.2) is 25.7 Å². The number of likely N-dealkylation sites (N-methyl/N-ethyl adjacent to an activating group) is 1. The smallest absolute Gasteiger partial charge is 0.125 e. The van der Waals surface area contributed by atoms with Gasteiger partial charge in [-0.05, 0) is 43.2 Å². The zero-order valence-electron chi connectivity index (χ0n) is 12.9. The fourth-order valence-corrected chi connectivity index (χ4v) is 2.47. The summed E-state index contributed by atoms with van der Waals surface area (Å²) < 4.78 is 5.45. The highest BCUT2D eigenvalue weighted by atomic mass is 16.5. The maximum atomic E-state index is 6.12. The molecule has 4 nitrogen and oxygen atoms in total. The van der Waals surface area contributed by atoms with Crippen LogP contribution < -0.4 is 15.4 Å². The molecule has 2 N–H and O–H groups in total. The number of aromatic nitrogens is 1. The molecule has 0 saturated carbocycles. The van der Waals surface area contributed by atoms with E-state index in [0.29, 0.717) is 0 Å². The Hall–Kier alpha value is -2.07. The van der Waals surface area contributed by atoms with Crippen LogP contribution in [0.2, 0.25) is 0 Å². The number of nitrogens with zero attached hydrogens (tertiary/aromatic N) is 2. The Morgan fingerprint density at radius 2 is 1.95 bits per heavy atom. The number of benzene rings is 1. The van der Waals surface area contributed by atoms with Gasteiger partial charge in [-0.15, -0.1) is 0 Å². The normalized spacial score (nSPS) is 12.0.